The molecule has 0 amide bonds. The Labute approximate surface area is 103 Å². The Morgan fingerprint density at radius 2 is 2.35 bits per heavy atom. The largest absolute Gasteiger partial charge is 0.478 e. The number of nitrogens with zero attached hydrogens (tertiary/aromatic N) is 1. The van der Waals surface area contributed by atoms with Crippen LogP contribution in [0.2, 0.25) is 0 Å². The Hall–Kier alpha value is -0.870. The molecule has 0 aromatic rings. The van der Waals surface area contributed by atoms with Gasteiger partial charge in [-0.25, -0.2) is 4.79 Å². The monoisotopic (exact) mass is 241 g/mol. The first-order valence-corrected chi connectivity index (χ1v) is 6.36. The summed E-state index contributed by atoms with van der Waals surface area (Å²) in [5.41, 5.74) is 0.897. The molecule has 0 aliphatic carbocycles. The van der Waals surface area contributed by atoms with E-state index in [0.29, 0.717) is 6.10 Å². The molecular weight excluding hydrogens is 218 g/mol. The summed E-state index contributed by atoms with van der Waals surface area (Å²) >= 11 is 0. The van der Waals surface area contributed by atoms with Crippen molar-refractivity contribution in [2.45, 2.75) is 39.2 Å². The Bertz CT molecular complexity index is 276. The summed E-state index contributed by atoms with van der Waals surface area (Å²) in [5, 5.41) is 8.66. The van der Waals surface area contributed by atoms with Crippen LogP contribution in [0.15, 0.2) is 11.6 Å². The molecular formula is C13H23NO3. The van der Waals surface area contributed by atoms with Gasteiger partial charge in [0.1, 0.15) is 0 Å². The second kappa shape index (κ2) is 7.45. The molecule has 4 heteroatoms. The molecule has 17 heavy (non-hydrogen) atoms. The molecule has 98 valence electrons. The van der Waals surface area contributed by atoms with E-state index in [1.807, 2.05) is 6.92 Å². The van der Waals surface area contributed by atoms with Crippen molar-refractivity contribution in [1.29, 1.82) is 0 Å². The van der Waals surface area contributed by atoms with Gasteiger partial charge in [0.2, 0.25) is 0 Å². The highest BCUT2D eigenvalue weighted by Gasteiger charge is 2.20. The minimum Gasteiger partial charge on any atom is -0.478 e. The predicted molar refractivity (Wildman–Crippen MR) is 67.1 cm³/mol. The maximum absolute atomic E-state index is 10.5. The third-order valence-corrected chi connectivity index (χ3v) is 2.86. The fourth-order valence-electron chi connectivity index (χ4n) is 2.19. The van der Waals surface area contributed by atoms with Crippen molar-refractivity contribution >= 4 is 5.97 Å². The van der Waals surface area contributed by atoms with Gasteiger partial charge in [0.05, 0.1) is 6.10 Å². The van der Waals surface area contributed by atoms with E-state index in [4.69, 9.17) is 9.84 Å². The van der Waals surface area contributed by atoms with Gasteiger partial charge in [-0.2, -0.15) is 0 Å². The molecule has 0 saturated carbocycles. The van der Waals surface area contributed by atoms with Gasteiger partial charge in [0.15, 0.2) is 0 Å². The highest BCUT2D eigenvalue weighted by Crippen LogP contribution is 2.14. The number of ether oxygens (including phenoxy) is 1. The van der Waals surface area contributed by atoms with Crippen LogP contribution < -0.4 is 0 Å². The van der Waals surface area contributed by atoms with E-state index in [0.717, 1.165) is 51.1 Å². The van der Waals surface area contributed by atoms with Crippen LogP contribution in [0.25, 0.3) is 0 Å². The Morgan fingerprint density at radius 3 is 3.00 bits per heavy atom. The van der Waals surface area contributed by atoms with E-state index in [1.54, 1.807) is 0 Å². The number of piperidine rings is 1. The van der Waals surface area contributed by atoms with Crippen LogP contribution in [0, 0.1) is 0 Å². The minimum atomic E-state index is -0.863. The first-order chi connectivity index (χ1) is 8.11. The van der Waals surface area contributed by atoms with Crippen molar-refractivity contribution in [3.05, 3.63) is 11.6 Å². The zero-order valence-electron chi connectivity index (χ0n) is 10.8. The molecule has 4 nitrogen and oxygen atoms in total. The van der Waals surface area contributed by atoms with E-state index < -0.39 is 5.97 Å². The van der Waals surface area contributed by atoms with Crippen LogP contribution in [-0.2, 0) is 9.53 Å². The lowest BCUT2D eigenvalue weighted by molar-refractivity contribution is -0.131. The molecule has 0 aromatic heterocycles. The average molecular weight is 241 g/mol. The van der Waals surface area contributed by atoms with E-state index in [1.165, 1.54) is 6.08 Å². The van der Waals surface area contributed by atoms with Crippen LogP contribution in [0.3, 0.4) is 0 Å². The number of hydrogen-bond donors (Lipinski definition) is 1. The molecule has 1 aliphatic heterocycles. The maximum atomic E-state index is 10.5. The van der Waals surface area contributed by atoms with Crippen molar-refractivity contribution < 1.29 is 14.6 Å². The highest BCUT2D eigenvalue weighted by molar-refractivity contribution is 5.80. The van der Waals surface area contributed by atoms with Crippen molar-refractivity contribution in [2.24, 2.45) is 0 Å². The number of carboxylic acids is 1. The Kier molecular flexibility index (Phi) is 6.22. The van der Waals surface area contributed by atoms with Gasteiger partial charge in [0, 0.05) is 25.8 Å². The van der Waals surface area contributed by atoms with Crippen LogP contribution in [0.4, 0.5) is 0 Å². The van der Waals surface area contributed by atoms with Crippen molar-refractivity contribution in [3.63, 3.8) is 0 Å². The molecule has 1 N–H and O–H groups in total. The van der Waals surface area contributed by atoms with Gasteiger partial charge >= 0.3 is 5.97 Å². The van der Waals surface area contributed by atoms with Gasteiger partial charge in [-0.05, 0) is 32.7 Å². The zero-order valence-corrected chi connectivity index (χ0v) is 10.8. The highest BCUT2D eigenvalue weighted by atomic mass is 16.5. The fraction of sp³-hybridized carbons (Fsp3) is 0.769. The number of aliphatic carboxylic acids is 1. The lowest BCUT2D eigenvalue weighted by Gasteiger charge is -2.32. The molecule has 0 bridgehead atoms. The Morgan fingerprint density at radius 1 is 1.59 bits per heavy atom. The summed E-state index contributed by atoms with van der Waals surface area (Å²) in [5.74, 6) is -0.863. The third kappa shape index (κ3) is 5.84. The molecule has 0 spiro atoms. The van der Waals surface area contributed by atoms with E-state index in [-0.39, 0.29) is 0 Å². The third-order valence-electron chi connectivity index (χ3n) is 2.86. The minimum absolute atomic E-state index is 0.321. The fourth-order valence-corrected chi connectivity index (χ4v) is 2.19. The lowest BCUT2D eigenvalue weighted by atomic mass is 10.1. The number of rotatable bonds is 6. The molecule has 1 heterocycles. The SMILES string of the molecule is CCCOC1CCCN(CC(C)=CC(=O)O)C1. The van der Waals surface area contributed by atoms with Crippen LogP contribution in [0.5, 0.6) is 0 Å². The second-order valence-corrected chi connectivity index (χ2v) is 4.70. The topological polar surface area (TPSA) is 49.8 Å². The summed E-state index contributed by atoms with van der Waals surface area (Å²) in [6.07, 6.45) is 4.92. The maximum Gasteiger partial charge on any atom is 0.328 e. The van der Waals surface area contributed by atoms with Gasteiger partial charge in [-0.15, -0.1) is 0 Å². The summed E-state index contributed by atoms with van der Waals surface area (Å²) in [6, 6.07) is 0. The van der Waals surface area contributed by atoms with Gasteiger partial charge < -0.3 is 9.84 Å². The standard InChI is InChI=1S/C13H23NO3/c1-3-7-17-12-5-4-6-14(10-12)9-11(2)8-13(15)16/h8,12H,3-7,9-10H2,1-2H3,(H,15,16). The molecule has 0 aromatic carbocycles. The Balaban J connectivity index is 2.36. The smallest absolute Gasteiger partial charge is 0.328 e. The van der Waals surface area contributed by atoms with Gasteiger partial charge in [-0.3, -0.25) is 4.90 Å². The normalized spacial score (nSPS) is 22.7. The first kappa shape index (κ1) is 14.2. The quantitative estimate of drug-likeness (QED) is 0.722. The molecule has 1 unspecified atom stereocenters. The summed E-state index contributed by atoms with van der Waals surface area (Å²) in [7, 11) is 0. The van der Waals surface area contributed by atoms with Gasteiger partial charge in [0.25, 0.3) is 0 Å². The van der Waals surface area contributed by atoms with Crippen molar-refractivity contribution in [3.8, 4) is 0 Å². The molecule has 1 fully saturated rings. The van der Waals surface area contributed by atoms with Crippen LogP contribution >= 0.6 is 0 Å². The molecule has 1 rings (SSSR count). The first-order valence-electron chi connectivity index (χ1n) is 6.36. The van der Waals surface area contributed by atoms with Gasteiger partial charge in [-0.1, -0.05) is 12.5 Å². The summed E-state index contributed by atoms with van der Waals surface area (Å²) < 4.78 is 5.75. The van der Waals surface area contributed by atoms with Crippen molar-refractivity contribution in [1.82, 2.24) is 4.90 Å². The second-order valence-electron chi connectivity index (χ2n) is 4.70. The lowest BCUT2D eigenvalue weighted by Crippen LogP contribution is -2.40. The van der Waals surface area contributed by atoms with Crippen molar-refractivity contribution in [2.75, 3.05) is 26.2 Å². The summed E-state index contributed by atoms with van der Waals surface area (Å²) in [4.78, 5) is 12.8. The molecule has 1 atom stereocenters. The van der Waals surface area contributed by atoms with E-state index in [9.17, 15) is 4.79 Å². The van der Waals surface area contributed by atoms with E-state index in [2.05, 4.69) is 11.8 Å². The number of hydrogen-bond acceptors (Lipinski definition) is 3. The molecule has 1 aliphatic rings. The van der Waals surface area contributed by atoms with Crippen LogP contribution in [-0.4, -0.2) is 48.3 Å². The number of carboxylic acid groups (broad SMARTS) is 1. The van der Waals surface area contributed by atoms with E-state index >= 15 is 0 Å². The average Bonchev–Trinajstić information content (AvgIpc) is 2.25. The van der Waals surface area contributed by atoms with Crippen LogP contribution in [0.1, 0.15) is 33.1 Å². The summed E-state index contributed by atoms with van der Waals surface area (Å²) in [6.45, 7) is 7.49. The zero-order chi connectivity index (χ0) is 12.7. The molecule has 1 saturated heterocycles. The molecule has 0 radical (unpaired) electrons. The number of likely N-dealkylation sites (tertiary alicyclic amines) is 1. The number of carbonyl (C=O) groups is 1. The predicted octanol–water partition coefficient (Wildman–Crippen LogP) is 1.91.